The molecule has 0 radical (unpaired) electrons. The van der Waals surface area contributed by atoms with Gasteiger partial charge in [0.1, 0.15) is 0 Å². The van der Waals surface area contributed by atoms with Crippen LogP contribution in [-0.4, -0.2) is 37.0 Å². The Morgan fingerprint density at radius 1 is 1.40 bits per heavy atom. The third kappa shape index (κ3) is 2.80. The number of aliphatic hydroxyl groups is 1. The Bertz CT molecular complexity index is 232. The van der Waals surface area contributed by atoms with Crippen LogP contribution in [0.25, 0.3) is 0 Å². The van der Waals surface area contributed by atoms with Gasteiger partial charge in [-0.25, -0.2) is 0 Å². The van der Waals surface area contributed by atoms with E-state index in [0.717, 1.165) is 39.0 Å². The van der Waals surface area contributed by atoms with Crippen LogP contribution in [0, 0.1) is 0 Å². The second kappa shape index (κ2) is 5.10. The van der Waals surface area contributed by atoms with Crippen molar-refractivity contribution >= 4 is 0 Å². The molecule has 1 aliphatic carbocycles. The van der Waals surface area contributed by atoms with E-state index in [2.05, 4.69) is 11.4 Å². The minimum atomic E-state index is -0.00170. The molecular weight excluding hydrogens is 190 g/mol. The van der Waals surface area contributed by atoms with Gasteiger partial charge >= 0.3 is 0 Å². The molecule has 2 aliphatic rings. The molecule has 0 aromatic carbocycles. The van der Waals surface area contributed by atoms with Crippen LogP contribution in [-0.2, 0) is 4.74 Å². The number of hydrogen-bond acceptors (Lipinski definition) is 3. The fourth-order valence-electron chi connectivity index (χ4n) is 2.48. The van der Waals surface area contributed by atoms with E-state index >= 15 is 0 Å². The first-order valence-electron chi connectivity index (χ1n) is 5.96. The van der Waals surface area contributed by atoms with Gasteiger partial charge in [0.25, 0.3) is 0 Å². The Labute approximate surface area is 91.5 Å². The highest BCUT2D eigenvalue weighted by molar-refractivity contribution is 5.08. The molecule has 0 saturated heterocycles. The quantitative estimate of drug-likeness (QED) is 0.687. The molecule has 15 heavy (non-hydrogen) atoms. The summed E-state index contributed by atoms with van der Waals surface area (Å²) in [7, 11) is 0. The van der Waals surface area contributed by atoms with E-state index in [0.29, 0.717) is 0 Å². The van der Waals surface area contributed by atoms with Crippen LogP contribution in [0.5, 0.6) is 0 Å². The van der Waals surface area contributed by atoms with Crippen molar-refractivity contribution in [3.05, 3.63) is 11.6 Å². The van der Waals surface area contributed by atoms with E-state index in [-0.39, 0.29) is 12.1 Å². The molecular formula is C12H21NO2. The Balaban J connectivity index is 1.82. The minimum absolute atomic E-state index is 0.00170. The van der Waals surface area contributed by atoms with Gasteiger partial charge in [-0.2, -0.15) is 0 Å². The maximum atomic E-state index is 9.43. The van der Waals surface area contributed by atoms with Crippen molar-refractivity contribution in [2.24, 2.45) is 0 Å². The number of nitrogens with one attached hydrogen (secondary N) is 1. The summed E-state index contributed by atoms with van der Waals surface area (Å²) in [6, 6.07) is 0. The first kappa shape index (κ1) is 11.1. The van der Waals surface area contributed by atoms with Crippen LogP contribution in [0.3, 0.4) is 0 Å². The molecule has 0 unspecified atom stereocenters. The van der Waals surface area contributed by atoms with Crippen LogP contribution >= 0.6 is 0 Å². The number of rotatable bonds is 4. The van der Waals surface area contributed by atoms with Crippen molar-refractivity contribution in [1.29, 1.82) is 0 Å². The van der Waals surface area contributed by atoms with E-state index in [9.17, 15) is 5.11 Å². The minimum Gasteiger partial charge on any atom is -0.394 e. The molecule has 2 rings (SSSR count). The van der Waals surface area contributed by atoms with Crippen LogP contribution in [0.2, 0.25) is 0 Å². The Morgan fingerprint density at radius 2 is 2.20 bits per heavy atom. The summed E-state index contributed by atoms with van der Waals surface area (Å²) >= 11 is 0. The molecule has 0 atom stereocenters. The third-order valence-corrected chi connectivity index (χ3v) is 3.54. The van der Waals surface area contributed by atoms with Crippen molar-refractivity contribution in [2.45, 2.75) is 37.6 Å². The van der Waals surface area contributed by atoms with E-state index < -0.39 is 0 Å². The van der Waals surface area contributed by atoms with Gasteiger partial charge < -0.3 is 15.2 Å². The van der Waals surface area contributed by atoms with Crippen molar-refractivity contribution < 1.29 is 9.84 Å². The predicted octanol–water partition coefficient (Wildman–Crippen LogP) is 1.23. The largest absolute Gasteiger partial charge is 0.394 e. The molecule has 0 amide bonds. The van der Waals surface area contributed by atoms with Gasteiger partial charge in [0.15, 0.2) is 0 Å². The second-order valence-electron chi connectivity index (χ2n) is 4.70. The third-order valence-electron chi connectivity index (χ3n) is 3.54. The lowest BCUT2D eigenvalue weighted by atomic mass is 9.98. The van der Waals surface area contributed by atoms with E-state index in [1.165, 1.54) is 18.4 Å². The molecule has 1 aliphatic heterocycles. The molecule has 0 aromatic rings. The first-order valence-corrected chi connectivity index (χ1v) is 5.96. The summed E-state index contributed by atoms with van der Waals surface area (Å²) in [5.74, 6) is 0. The first-order chi connectivity index (χ1) is 7.35. The van der Waals surface area contributed by atoms with Gasteiger partial charge in [0.05, 0.1) is 19.8 Å². The Kier molecular flexibility index (Phi) is 3.78. The standard InChI is InChI=1S/C12H21NO2/c14-10-12(5-1-2-6-12)13-8-11-4-3-7-15-9-11/h4,13-14H,1-3,5-10H2. The molecule has 3 nitrogen and oxygen atoms in total. The lowest BCUT2D eigenvalue weighted by Gasteiger charge is -2.29. The molecule has 1 saturated carbocycles. The van der Waals surface area contributed by atoms with E-state index in [1.54, 1.807) is 0 Å². The van der Waals surface area contributed by atoms with Crippen LogP contribution < -0.4 is 5.32 Å². The number of aliphatic hydroxyl groups excluding tert-OH is 1. The van der Waals surface area contributed by atoms with Crippen molar-refractivity contribution in [3.8, 4) is 0 Å². The van der Waals surface area contributed by atoms with Crippen LogP contribution in [0.1, 0.15) is 32.1 Å². The highest BCUT2D eigenvalue weighted by Crippen LogP contribution is 2.29. The maximum Gasteiger partial charge on any atom is 0.0689 e. The van der Waals surface area contributed by atoms with Crippen molar-refractivity contribution in [1.82, 2.24) is 5.32 Å². The normalized spacial score (nSPS) is 25.3. The molecule has 1 heterocycles. The average Bonchev–Trinajstić information content (AvgIpc) is 2.77. The summed E-state index contributed by atoms with van der Waals surface area (Å²) in [5, 5.41) is 12.9. The van der Waals surface area contributed by atoms with Gasteiger partial charge in [0, 0.05) is 12.1 Å². The summed E-state index contributed by atoms with van der Waals surface area (Å²) in [6.07, 6.45) is 7.99. The SMILES string of the molecule is OCC1(NCC2=CCCOC2)CCCC1. The highest BCUT2D eigenvalue weighted by Gasteiger charge is 2.32. The Morgan fingerprint density at radius 3 is 2.80 bits per heavy atom. The molecule has 1 fully saturated rings. The molecule has 0 aromatic heterocycles. The van der Waals surface area contributed by atoms with Crippen molar-refractivity contribution in [3.63, 3.8) is 0 Å². The maximum absolute atomic E-state index is 9.43. The van der Waals surface area contributed by atoms with Gasteiger partial charge in [-0.1, -0.05) is 18.9 Å². The van der Waals surface area contributed by atoms with Crippen molar-refractivity contribution in [2.75, 3.05) is 26.4 Å². The van der Waals surface area contributed by atoms with Gasteiger partial charge in [-0.3, -0.25) is 0 Å². The number of ether oxygens (including phenoxy) is 1. The molecule has 0 spiro atoms. The summed E-state index contributed by atoms with van der Waals surface area (Å²) in [5.41, 5.74) is 1.33. The topological polar surface area (TPSA) is 41.5 Å². The molecule has 2 N–H and O–H groups in total. The average molecular weight is 211 g/mol. The number of hydrogen-bond donors (Lipinski definition) is 2. The molecule has 3 heteroatoms. The molecule has 0 bridgehead atoms. The van der Waals surface area contributed by atoms with Gasteiger partial charge in [0.2, 0.25) is 0 Å². The van der Waals surface area contributed by atoms with E-state index in [4.69, 9.17) is 4.74 Å². The summed E-state index contributed by atoms with van der Waals surface area (Å²) in [6.45, 7) is 2.75. The van der Waals surface area contributed by atoms with E-state index in [1.807, 2.05) is 0 Å². The second-order valence-corrected chi connectivity index (χ2v) is 4.70. The Hall–Kier alpha value is -0.380. The fraction of sp³-hybridized carbons (Fsp3) is 0.833. The monoisotopic (exact) mass is 211 g/mol. The summed E-state index contributed by atoms with van der Waals surface area (Å²) in [4.78, 5) is 0. The molecule has 86 valence electrons. The highest BCUT2D eigenvalue weighted by atomic mass is 16.5. The van der Waals surface area contributed by atoms with Gasteiger partial charge in [-0.05, 0) is 24.8 Å². The lowest BCUT2D eigenvalue weighted by molar-refractivity contribution is 0.140. The summed E-state index contributed by atoms with van der Waals surface area (Å²) < 4.78 is 5.39. The lowest BCUT2D eigenvalue weighted by Crippen LogP contribution is -2.47. The zero-order valence-corrected chi connectivity index (χ0v) is 9.30. The van der Waals surface area contributed by atoms with Gasteiger partial charge in [-0.15, -0.1) is 0 Å². The fourth-order valence-corrected chi connectivity index (χ4v) is 2.48. The smallest absolute Gasteiger partial charge is 0.0689 e. The zero-order chi connectivity index (χ0) is 10.6. The van der Waals surface area contributed by atoms with Crippen LogP contribution in [0.15, 0.2) is 11.6 Å². The zero-order valence-electron chi connectivity index (χ0n) is 9.30. The predicted molar refractivity (Wildman–Crippen MR) is 59.8 cm³/mol. The van der Waals surface area contributed by atoms with Crippen LogP contribution in [0.4, 0.5) is 0 Å².